The highest BCUT2D eigenvalue weighted by Gasteiger charge is 2.04. The van der Waals surface area contributed by atoms with Crippen LogP contribution >= 0.6 is 0 Å². The third-order valence-corrected chi connectivity index (χ3v) is 3.71. The van der Waals surface area contributed by atoms with Gasteiger partial charge in [-0.05, 0) is 54.1 Å². The average molecular weight is 345 g/mol. The highest BCUT2D eigenvalue weighted by Crippen LogP contribution is 2.20. The number of anilines is 1. The highest BCUT2D eigenvalue weighted by molar-refractivity contribution is 5.92. The number of hydrogen-bond donors (Lipinski definition) is 1. The van der Waals surface area contributed by atoms with Gasteiger partial charge in [0.25, 0.3) is 0 Å². The molecule has 0 aromatic heterocycles. The van der Waals surface area contributed by atoms with Crippen molar-refractivity contribution in [3.63, 3.8) is 0 Å². The molecule has 130 valence electrons. The minimum absolute atomic E-state index is 0.0752. The van der Waals surface area contributed by atoms with Crippen LogP contribution in [0, 0.1) is 0 Å². The zero-order chi connectivity index (χ0) is 18.2. The van der Waals surface area contributed by atoms with Crippen LogP contribution in [-0.2, 0) is 11.2 Å². The number of hydrogen-bond acceptors (Lipinski definition) is 4. The third-order valence-electron chi connectivity index (χ3n) is 3.71. The molecule has 0 heterocycles. The van der Waals surface area contributed by atoms with Crippen molar-refractivity contribution in [1.29, 1.82) is 0 Å². The first-order valence-electron chi connectivity index (χ1n) is 8.22. The van der Waals surface area contributed by atoms with Gasteiger partial charge in [0.2, 0.25) is 5.91 Å². The minimum atomic E-state index is -0.0752. The van der Waals surface area contributed by atoms with Gasteiger partial charge in [0.05, 0.1) is 24.9 Å². The van der Waals surface area contributed by atoms with Crippen molar-refractivity contribution in [2.24, 2.45) is 10.2 Å². The van der Waals surface area contributed by atoms with Crippen LogP contribution in [0.2, 0.25) is 0 Å². The van der Waals surface area contributed by atoms with E-state index in [1.807, 2.05) is 78.9 Å². The quantitative estimate of drug-likeness (QED) is 0.617. The standard InChI is InChI=1S/C21H19N3O2/c1-26-20-13-7-16(8-14-20)15-21(25)22-17-9-11-19(12-10-17)24-23-18-5-3-2-4-6-18/h2-14H,15H2,1H3,(H,22,25). The summed E-state index contributed by atoms with van der Waals surface area (Å²) in [7, 11) is 1.62. The first-order valence-corrected chi connectivity index (χ1v) is 8.22. The van der Waals surface area contributed by atoms with Crippen LogP contribution in [0.25, 0.3) is 0 Å². The number of amides is 1. The van der Waals surface area contributed by atoms with Gasteiger partial charge in [-0.1, -0.05) is 30.3 Å². The Kier molecular flexibility index (Phi) is 5.72. The summed E-state index contributed by atoms with van der Waals surface area (Å²) in [4.78, 5) is 12.1. The number of benzene rings is 3. The van der Waals surface area contributed by atoms with Gasteiger partial charge in [0.15, 0.2) is 0 Å². The summed E-state index contributed by atoms with van der Waals surface area (Å²) < 4.78 is 5.11. The number of azo groups is 1. The van der Waals surface area contributed by atoms with Gasteiger partial charge in [0.1, 0.15) is 5.75 Å². The third kappa shape index (κ3) is 5.01. The lowest BCUT2D eigenvalue weighted by Gasteiger charge is -2.06. The predicted molar refractivity (Wildman–Crippen MR) is 102 cm³/mol. The molecule has 1 N–H and O–H groups in total. The fraction of sp³-hybridized carbons (Fsp3) is 0.0952. The summed E-state index contributed by atoms with van der Waals surface area (Å²) in [6.07, 6.45) is 0.305. The largest absolute Gasteiger partial charge is 0.497 e. The van der Waals surface area contributed by atoms with Crippen LogP contribution in [0.4, 0.5) is 17.1 Å². The molecule has 0 bridgehead atoms. The van der Waals surface area contributed by atoms with Gasteiger partial charge in [0, 0.05) is 5.69 Å². The van der Waals surface area contributed by atoms with Gasteiger partial charge >= 0.3 is 0 Å². The van der Waals surface area contributed by atoms with Gasteiger partial charge < -0.3 is 10.1 Å². The topological polar surface area (TPSA) is 63.0 Å². The van der Waals surface area contributed by atoms with Gasteiger partial charge in [-0.2, -0.15) is 10.2 Å². The Morgan fingerprint density at radius 3 is 2.08 bits per heavy atom. The second kappa shape index (κ2) is 8.58. The Labute approximate surface area is 152 Å². The average Bonchev–Trinajstić information content (AvgIpc) is 2.69. The Morgan fingerprint density at radius 2 is 1.46 bits per heavy atom. The summed E-state index contributed by atoms with van der Waals surface area (Å²) in [6, 6.07) is 24.2. The molecule has 0 saturated carbocycles. The molecule has 5 nitrogen and oxygen atoms in total. The molecule has 0 atom stereocenters. The lowest BCUT2D eigenvalue weighted by Crippen LogP contribution is -2.14. The maximum Gasteiger partial charge on any atom is 0.228 e. The molecule has 0 aliphatic heterocycles. The molecule has 0 saturated heterocycles. The zero-order valence-electron chi connectivity index (χ0n) is 14.4. The second-order valence-electron chi connectivity index (χ2n) is 5.66. The molecule has 0 aliphatic rings. The molecule has 0 spiro atoms. The minimum Gasteiger partial charge on any atom is -0.497 e. The van der Waals surface area contributed by atoms with Crippen LogP contribution in [0.5, 0.6) is 5.75 Å². The number of carbonyl (C=O) groups excluding carboxylic acids is 1. The van der Waals surface area contributed by atoms with E-state index in [4.69, 9.17) is 4.74 Å². The summed E-state index contributed by atoms with van der Waals surface area (Å²) in [6.45, 7) is 0. The first kappa shape index (κ1) is 17.4. The molecule has 3 rings (SSSR count). The van der Waals surface area contributed by atoms with Crippen molar-refractivity contribution in [3.8, 4) is 5.75 Å². The second-order valence-corrected chi connectivity index (χ2v) is 5.66. The highest BCUT2D eigenvalue weighted by atomic mass is 16.5. The summed E-state index contributed by atoms with van der Waals surface area (Å²) in [5, 5.41) is 11.2. The summed E-state index contributed by atoms with van der Waals surface area (Å²) in [5.74, 6) is 0.697. The fourth-order valence-corrected chi connectivity index (χ4v) is 2.36. The van der Waals surface area contributed by atoms with E-state index in [0.29, 0.717) is 6.42 Å². The molecular weight excluding hydrogens is 326 g/mol. The molecule has 0 unspecified atom stereocenters. The van der Waals surface area contributed by atoms with E-state index in [1.165, 1.54) is 0 Å². The molecular formula is C21H19N3O2. The van der Waals surface area contributed by atoms with E-state index in [-0.39, 0.29) is 5.91 Å². The maximum atomic E-state index is 12.1. The molecule has 3 aromatic carbocycles. The molecule has 1 amide bonds. The molecule has 3 aromatic rings. The van der Waals surface area contributed by atoms with Crippen molar-refractivity contribution in [2.75, 3.05) is 12.4 Å². The normalized spacial score (nSPS) is 10.7. The molecule has 0 fully saturated rings. The zero-order valence-corrected chi connectivity index (χ0v) is 14.4. The van der Waals surface area contributed by atoms with Gasteiger partial charge in [-0.15, -0.1) is 0 Å². The van der Waals surface area contributed by atoms with Crippen molar-refractivity contribution in [2.45, 2.75) is 6.42 Å². The predicted octanol–water partition coefficient (Wildman–Crippen LogP) is 5.29. The van der Waals surface area contributed by atoms with Crippen molar-refractivity contribution in [1.82, 2.24) is 0 Å². The number of rotatable bonds is 6. The number of carbonyl (C=O) groups is 1. The summed E-state index contributed by atoms with van der Waals surface area (Å²) >= 11 is 0. The van der Waals surface area contributed by atoms with Crippen molar-refractivity contribution in [3.05, 3.63) is 84.4 Å². The van der Waals surface area contributed by atoms with Gasteiger partial charge in [-0.3, -0.25) is 4.79 Å². The lowest BCUT2D eigenvalue weighted by molar-refractivity contribution is -0.115. The van der Waals surface area contributed by atoms with Crippen LogP contribution in [0.1, 0.15) is 5.56 Å². The smallest absolute Gasteiger partial charge is 0.228 e. The van der Waals surface area contributed by atoms with Crippen molar-refractivity contribution >= 4 is 23.0 Å². The van der Waals surface area contributed by atoms with E-state index in [9.17, 15) is 4.79 Å². The van der Waals surface area contributed by atoms with Crippen LogP contribution in [0.3, 0.4) is 0 Å². The Bertz CT molecular complexity index is 873. The first-order chi connectivity index (χ1) is 12.7. The molecule has 26 heavy (non-hydrogen) atoms. The SMILES string of the molecule is COc1ccc(CC(=O)Nc2ccc(N=Nc3ccccc3)cc2)cc1. The van der Waals surface area contributed by atoms with E-state index in [2.05, 4.69) is 15.5 Å². The van der Waals surface area contributed by atoms with E-state index in [1.54, 1.807) is 7.11 Å². The van der Waals surface area contributed by atoms with Gasteiger partial charge in [-0.25, -0.2) is 0 Å². The fourth-order valence-electron chi connectivity index (χ4n) is 2.36. The van der Waals surface area contributed by atoms with Crippen LogP contribution in [-0.4, -0.2) is 13.0 Å². The van der Waals surface area contributed by atoms with Crippen LogP contribution < -0.4 is 10.1 Å². The summed E-state index contributed by atoms with van der Waals surface area (Å²) in [5.41, 5.74) is 3.17. The van der Waals surface area contributed by atoms with E-state index < -0.39 is 0 Å². The number of nitrogens with zero attached hydrogens (tertiary/aromatic N) is 2. The molecule has 5 heteroatoms. The van der Waals surface area contributed by atoms with Crippen molar-refractivity contribution < 1.29 is 9.53 Å². The number of nitrogens with one attached hydrogen (secondary N) is 1. The maximum absolute atomic E-state index is 12.1. The van der Waals surface area contributed by atoms with E-state index in [0.717, 1.165) is 28.4 Å². The lowest BCUT2D eigenvalue weighted by atomic mass is 10.1. The Morgan fingerprint density at radius 1 is 0.846 bits per heavy atom. The number of ether oxygens (including phenoxy) is 1. The molecule has 0 aliphatic carbocycles. The molecule has 0 radical (unpaired) electrons. The Hall–Kier alpha value is -3.47. The monoisotopic (exact) mass is 345 g/mol. The Balaban J connectivity index is 1.56. The number of methoxy groups -OCH3 is 1. The van der Waals surface area contributed by atoms with Crippen LogP contribution in [0.15, 0.2) is 89.1 Å². The van der Waals surface area contributed by atoms with E-state index >= 15 is 0 Å².